The molecular weight excluding hydrogens is 230 g/mol. The summed E-state index contributed by atoms with van der Waals surface area (Å²) in [5, 5.41) is 5.76. The first-order valence-electron chi connectivity index (χ1n) is 6.14. The average molecular weight is 251 g/mol. The van der Waals surface area contributed by atoms with Crippen molar-refractivity contribution < 1.29 is 9.53 Å². The van der Waals surface area contributed by atoms with Crippen LogP contribution >= 0.6 is 0 Å². The van der Waals surface area contributed by atoms with Crippen molar-refractivity contribution in [1.29, 1.82) is 0 Å². The van der Waals surface area contributed by atoms with E-state index in [1.165, 1.54) is 0 Å². The largest absolute Gasteiger partial charge is 0.479 e. The molecule has 5 nitrogen and oxygen atoms in total. The summed E-state index contributed by atoms with van der Waals surface area (Å²) in [4.78, 5) is 15.9. The van der Waals surface area contributed by atoms with Gasteiger partial charge in [-0.15, -0.1) is 0 Å². The van der Waals surface area contributed by atoms with Gasteiger partial charge in [0.05, 0.1) is 5.69 Å². The standard InChI is InChI=1S/C13H21N3O2/c1-5-15-8-11-12(7-6-9(2)16-11)18-10(3)13(17)14-4/h6-7,10,15H,5,8H2,1-4H3,(H,14,17). The number of carbonyl (C=O) groups is 1. The summed E-state index contributed by atoms with van der Waals surface area (Å²) in [7, 11) is 1.59. The minimum atomic E-state index is -0.528. The van der Waals surface area contributed by atoms with Gasteiger partial charge in [-0.05, 0) is 32.5 Å². The first-order chi connectivity index (χ1) is 8.58. The van der Waals surface area contributed by atoms with Gasteiger partial charge in [-0.3, -0.25) is 9.78 Å². The lowest BCUT2D eigenvalue weighted by Crippen LogP contribution is -2.34. The molecule has 1 aromatic rings. The molecular formula is C13H21N3O2. The van der Waals surface area contributed by atoms with Crippen LogP contribution in [-0.4, -0.2) is 30.6 Å². The zero-order valence-electron chi connectivity index (χ0n) is 11.4. The molecule has 1 unspecified atom stereocenters. The number of rotatable bonds is 6. The van der Waals surface area contributed by atoms with Gasteiger partial charge in [0, 0.05) is 19.3 Å². The quantitative estimate of drug-likeness (QED) is 0.792. The van der Waals surface area contributed by atoms with Gasteiger partial charge in [0.15, 0.2) is 6.10 Å². The van der Waals surface area contributed by atoms with E-state index in [4.69, 9.17) is 4.74 Å². The second-order valence-electron chi connectivity index (χ2n) is 4.05. The van der Waals surface area contributed by atoms with Crippen LogP contribution in [0.5, 0.6) is 5.75 Å². The molecule has 1 aromatic heterocycles. The van der Waals surface area contributed by atoms with Crippen molar-refractivity contribution in [3.63, 3.8) is 0 Å². The lowest BCUT2D eigenvalue weighted by molar-refractivity contribution is -0.126. The first kappa shape index (κ1) is 14.4. The highest BCUT2D eigenvalue weighted by Crippen LogP contribution is 2.18. The predicted octanol–water partition coefficient (Wildman–Crippen LogP) is 1.01. The zero-order chi connectivity index (χ0) is 13.5. The van der Waals surface area contributed by atoms with E-state index in [9.17, 15) is 4.79 Å². The van der Waals surface area contributed by atoms with E-state index < -0.39 is 6.10 Å². The Labute approximate surface area is 108 Å². The number of likely N-dealkylation sites (N-methyl/N-ethyl adjacent to an activating group) is 1. The van der Waals surface area contributed by atoms with Crippen LogP contribution in [0.15, 0.2) is 12.1 Å². The Morgan fingerprint density at radius 2 is 2.22 bits per heavy atom. The first-order valence-corrected chi connectivity index (χ1v) is 6.14. The molecule has 0 saturated heterocycles. The molecule has 0 aliphatic heterocycles. The van der Waals surface area contributed by atoms with Crippen LogP contribution in [0.25, 0.3) is 0 Å². The summed E-state index contributed by atoms with van der Waals surface area (Å²) >= 11 is 0. The van der Waals surface area contributed by atoms with E-state index in [0.29, 0.717) is 12.3 Å². The number of pyridine rings is 1. The molecule has 0 aliphatic carbocycles. The fraction of sp³-hybridized carbons (Fsp3) is 0.538. The highest BCUT2D eigenvalue weighted by Gasteiger charge is 2.15. The van der Waals surface area contributed by atoms with Crippen LogP contribution in [0, 0.1) is 6.92 Å². The number of hydrogen-bond acceptors (Lipinski definition) is 4. The van der Waals surface area contributed by atoms with Crippen molar-refractivity contribution in [2.75, 3.05) is 13.6 Å². The van der Waals surface area contributed by atoms with Crippen molar-refractivity contribution in [3.8, 4) is 5.75 Å². The lowest BCUT2D eigenvalue weighted by atomic mass is 10.2. The Morgan fingerprint density at radius 3 is 2.83 bits per heavy atom. The molecule has 0 aliphatic rings. The predicted molar refractivity (Wildman–Crippen MR) is 70.5 cm³/mol. The second-order valence-corrected chi connectivity index (χ2v) is 4.05. The van der Waals surface area contributed by atoms with Gasteiger partial charge >= 0.3 is 0 Å². The van der Waals surface area contributed by atoms with Crippen molar-refractivity contribution in [2.24, 2.45) is 0 Å². The number of amides is 1. The summed E-state index contributed by atoms with van der Waals surface area (Å²) in [6.07, 6.45) is -0.528. The third-order valence-electron chi connectivity index (χ3n) is 2.53. The molecule has 0 aromatic carbocycles. The van der Waals surface area contributed by atoms with E-state index in [-0.39, 0.29) is 5.91 Å². The van der Waals surface area contributed by atoms with Gasteiger partial charge < -0.3 is 15.4 Å². The van der Waals surface area contributed by atoms with Crippen LogP contribution in [0.2, 0.25) is 0 Å². The van der Waals surface area contributed by atoms with Gasteiger partial charge in [0.2, 0.25) is 0 Å². The average Bonchev–Trinajstić information content (AvgIpc) is 2.37. The van der Waals surface area contributed by atoms with Crippen molar-refractivity contribution in [3.05, 3.63) is 23.5 Å². The third kappa shape index (κ3) is 4.00. The van der Waals surface area contributed by atoms with Crippen molar-refractivity contribution in [1.82, 2.24) is 15.6 Å². The number of carbonyl (C=O) groups excluding carboxylic acids is 1. The lowest BCUT2D eigenvalue weighted by Gasteiger charge is -2.16. The molecule has 1 atom stereocenters. The van der Waals surface area contributed by atoms with Crippen LogP contribution in [0.4, 0.5) is 0 Å². The van der Waals surface area contributed by atoms with Gasteiger partial charge in [0.1, 0.15) is 5.75 Å². The summed E-state index contributed by atoms with van der Waals surface area (Å²) in [5.74, 6) is 0.502. The molecule has 0 saturated carbocycles. The van der Waals surface area contributed by atoms with E-state index >= 15 is 0 Å². The maximum absolute atomic E-state index is 11.4. The zero-order valence-corrected chi connectivity index (χ0v) is 11.4. The van der Waals surface area contributed by atoms with Crippen LogP contribution < -0.4 is 15.4 Å². The summed E-state index contributed by atoms with van der Waals surface area (Å²) < 4.78 is 5.64. The minimum absolute atomic E-state index is 0.148. The summed E-state index contributed by atoms with van der Waals surface area (Å²) in [6, 6.07) is 3.73. The number of aromatic nitrogens is 1. The molecule has 1 amide bonds. The Hall–Kier alpha value is -1.62. The molecule has 0 bridgehead atoms. The third-order valence-corrected chi connectivity index (χ3v) is 2.53. The molecule has 1 rings (SSSR count). The normalized spacial score (nSPS) is 12.0. The van der Waals surface area contributed by atoms with Crippen LogP contribution in [-0.2, 0) is 11.3 Å². The molecule has 1 heterocycles. The Morgan fingerprint density at radius 1 is 1.50 bits per heavy atom. The van der Waals surface area contributed by atoms with Gasteiger partial charge in [-0.1, -0.05) is 6.92 Å². The molecule has 0 radical (unpaired) electrons. The van der Waals surface area contributed by atoms with E-state index in [1.807, 2.05) is 26.0 Å². The van der Waals surface area contributed by atoms with Crippen LogP contribution in [0.3, 0.4) is 0 Å². The maximum Gasteiger partial charge on any atom is 0.260 e. The molecule has 0 spiro atoms. The topological polar surface area (TPSA) is 63.3 Å². The van der Waals surface area contributed by atoms with Crippen LogP contribution in [0.1, 0.15) is 25.2 Å². The van der Waals surface area contributed by atoms with Gasteiger partial charge in [-0.25, -0.2) is 0 Å². The fourth-order valence-corrected chi connectivity index (χ4v) is 1.52. The Bertz CT molecular complexity index is 407. The van der Waals surface area contributed by atoms with E-state index in [0.717, 1.165) is 17.9 Å². The number of ether oxygens (including phenoxy) is 1. The number of hydrogen-bond donors (Lipinski definition) is 2. The SMILES string of the molecule is CCNCc1nc(C)ccc1OC(C)C(=O)NC. The molecule has 100 valence electrons. The molecule has 0 fully saturated rings. The molecule has 2 N–H and O–H groups in total. The minimum Gasteiger partial charge on any atom is -0.479 e. The maximum atomic E-state index is 11.4. The molecule has 5 heteroatoms. The second kappa shape index (κ2) is 6.96. The van der Waals surface area contributed by atoms with E-state index in [2.05, 4.69) is 15.6 Å². The van der Waals surface area contributed by atoms with Crippen molar-refractivity contribution >= 4 is 5.91 Å². The number of nitrogens with one attached hydrogen (secondary N) is 2. The molecule has 18 heavy (non-hydrogen) atoms. The van der Waals surface area contributed by atoms with E-state index in [1.54, 1.807) is 14.0 Å². The smallest absolute Gasteiger partial charge is 0.260 e. The number of aryl methyl sites for hydroxylation is 1. The highest BCUT2D eigenvalue weighted by atomic mass is 16.5. The fourth-order valence-electron chi connectivity index (χ4n) is 1.52. The highest BCUT2D eigenvalue weighted by molar-refractivity contribution is 5.80. The Balaban J connectivity index is 2.83. The summed E-state index contributed by atoms with van der Waals surface area (Å²) in [6.45, 7) is 7.18. The van der Waals surface area contributed by atoms with Gasteiger partial charge in [0.25, 0.3) is 5.91 Å². The monoisotopic (exact) mass is 251 g/mol. The van der Waals surface area contributed by atoms with Gasteiger partial charge in [-0.2, -0.15) is 0 Å². The summed E-state index contributed by atoms with van der Waals surface area (Å²) in [5.41, 5.74) is 1.76. The Kier molecular flexibility index (Phi) is 5.58. The van der Waals surface area contributed by atoms with Crippen molar-refractivity contribution in [2.45, 2.75) is 33.4 Å². The number of nitrogens with zero attached hydrogens (tertiary/aromatic N) is 1.